The maximum atomic E-state index is 11.5. The van der Waals surface area contributed by atoms with Crippen LogP contribution in [-0.2, 0) is 15.3 Å². The minimum atomic E-state index is -0.170. The highest BCUT2D eigenvalue weighted by atomic mass is 35.5. The third kappa shape index (κ3) is 8.18. The van der Waals surface area contributed by atoms with E-state index in [-0.39, 0.29) is 5.97 Å². The molecule has 1 aromatic rings. The van der Waals surface area contributed by atoms with Crippen molar-refractivity contribution in [2.75, 3.05) is 27.4 Å². The zero-order valence-corrected chi connectivity index (χ0v) is 16.6. The van der Waals surface area contributed by atoms with Gasteiger partial charge in [-0.2, -0.15) is 4.41 Å². The highest BCUT2D eigenvalue weighted by Crippen LogP contribution is 2.34. The van der Waals surface area contributed by atoms with Crippen molar-refractivity contribution in [3.05, 3.63) is 22.7 Å². The second kappa shape index (κ2) is 12.2. The zero-order valence-electron chi connectivity index (χ0n) is 15.0. The van der Waals surface area contributed by atoms with Gasteiger partial charge in [0.25, 0.3) is 0 Å². The van der Waals surface area contributed by atoms with Gasteiger partial charge in [0.1, 0.15) is 11.5 Å². The normalized spacial score (nSPS) is 10.8. The van der Waals surface area contributed by atoms with Crippen LogP contribution in [0.15, 0.2) is 12.1 Å². The topological polar surface area (TPSA) is 74.0 Å². The van der Waals surface area contributed by atoms with Gasteiger partial charge in [0.15, 0.2) is 0 Å². The van der Waals surface area contributed by atoms with Crippen LogP contribution in [0, 0.1) is 0 Å². The fourth-order valence-corrected chi connectivity index (χ4v) is 3.05. The molecule has 0 spiro atoms. The van der Waals surface area contributed by atoms with Crippen molar-refractivity contribution in [1.29, 1.82) is 0 Å². The minimum Gasteiger partial charge on any atom is -0.496 e. The van der Waals surface area contributed by atoms with Crippen LogP contribution in [0.3, 0.4) is 0 Å². The van der Waals surface area contributed by atoms with Gasteiger partial charge < -0.3 is 14.2 Å². The summed E-state index contributed by atoms with van der Waals surface area (Å²) in [6.07, 6.45) is 2.93. The van der Waals surface area contributed by atoms with Gasteiger partial charge in [-0.05, 0) is 18.9 Å². The molecule has 0 bridgehead atoms. The Morgan fingerprint density at radius 3 is 2.60 bits per heavy atom. The molecule has 0 saturated carbocycles. The maximum absolute atomic E-state index is 11.5. The van der Waals surface area contributed by atoms with Gasteiger partial charge in [-0.25, -0.2) is 0 Å². The Hall–Kier alpha value is -1.15. The lowest BCUT2D eigenvalue weighted by atomic mass is 10.2. The van der Waals surface area contributed by atoms with Gasteiger partial charge in [0, 0.05) is 30.3 Å². The van der Waals surface area contributed by atoms with E-state index in [0.717, 1.165) is 18.4 Å². The van der Waals surface area contributed by atoms with Crippen LogP contribution in [0.2, 0.25) is 5.02 Å². The Morgan fingerprint density at radius 2 is 1.96 bits per heavy atom. The summed E-state index contributed by atoms with van der Waals surface area (Å²) in [6, 6.07) is 3.57. The molecule has 0 aromatic heterocycles. The molecule has 0 aliphatic rings. The number of nitrogens with two attached hydrogens (primary N) is 1. The first-order valence-corrected chi connectivity index (χ1v) is 9.55. The van der Waals surface area contributed by atoms with Crippen molar-refractivity contribution < 1.29 is 19.0 Å². The number of nitrogens with zero attached hydrogens (tertiary/aromatic N) is 1. The number of halogens is 1. The van der Waals surface area contributed by atoms with E-state index < -0.39 is 0 Å². The predicted octanol–water partition coefficient (Wildman–Crippen LogP) is 3.80. The Bertz CT molecular complexity index is 546. The van der Waals surface area contributed by atoms with Crippen LogP contribution >= 0.6 is 23.5 Å². The van der Waals surface area contributed by atoms with Crippen LogP contribution < -0.4 is 15.3 Å². The summed E-state index contributed by atoms with van der Waals surface area (Å²) in [4.78, 5) is 11.5. The molecule has 1 rings (SSSR count). The standard InChI is InChI=1S/C17H27ClN2O4S/c1-4-5-9-24-17(21)7-6-8-20(19)25-12-13-10-16(23-3)14(18)11-15(13)22-2/h10-11H,4-9,12,19H2,1-3H3. The van der Waals surface area contributed by atoms with Crippen LogP contribution in [0.5, 0.6) is 11.5 Å². The molecule has 8 heteroatoms. The second-order valence-electron chi connectivity index (χ2n) is 5.39. The number of carbonyl (C=O) groups excluding carboxylic acids is 1. The lowest BCUT2D eigenvalue weighted by Crippen LogP contribution is -2.25. The molecule has 25 heavy (non-hydrogen) atoms. The van der Waals surface area contributed by atoms with Crippen molar-refractivity contribution in [1.82, 2.24) is 4.41 Å². The van der Waals surface area contributed by atoms with Crippen molar-refractivity contribution in [2.24, 2.45) is 5.84 Å². The summed E-state index contributed by atoms with van der Waals surface area (Å²) in [7, 11) is 3.16. The average Bonchev–Trinajstić information content (AvgIpc) is 2.60. The van der Waals surface area contributed by atoms with Crippen molar-refractivity contribution in [2.45, 2.75) is 38.4 Å². The number of carbonyl (C=O) groups is 1. The number of esters is 1. The first-order valence-electron chi connectivity index (χ1n) is 8.23. The first-order chi connectivity index (χ1) is 12.0. The molecule has 0 radical (unpaired) electrons. The Kier molecular flexibility index (Phi) is 10.7. The second-order valence-corrected chi connectivity index (χ2v) is 6.81. The largest absolute Gasteiger partial charge is 0.496 e. The fourth-order valence-electron chi connectivity index (χ4n) is 2.04. The van der Waals surface area contributed by atoms with Gasteiger partial charge in [-0.15, -0.1) is 0 Å². The molecule has 0 saturated heterocycles. The number of hydrogen-bond donors (Lipinski definition) is 1. The summed E-state index contributed by atoms with van der Waals surface area (Å²) in [5.74, 6) is 7.68. The molecular formula is C17H27ClN2O4S. The number of rotatable bonds is 12. The monoisotopic (exact) mass is 390 g/mol. The smallest absolute Gasteiger partial charge is 0.305 e. The number of unbranched alkanes of at least 4 members (excludes halogenated alkanes) is 1. The third-order valence-electron chi connectivity index (χ3n) is 3.46. The van der Waals surface area contributed by atoms with Gasteiger partial charge in [-0.1, -0.05) is 36.9 Å². The van der Waals surface area contributed by atoms with E-state index >= 15 is 0 Å². The molecule has 0 amide bonds. The average molecular weight is 391 g/mol. The first kappa shape index (κ1) is 21.9. The lowest BCUT2D eigenvalue weighted by molar-refractivity contribution is -0.143. The fraction of sp³-hybridized carbons (Fsp3) is 0.588. The number of methoxy groups -OCH3 is 2. The van der Waals surface area contributed by atoms with Crippen LogP contribution in [-0.4, -0.2) is 37.8 Å². The van der Waals surface area contributed by atoms with Gasteiger partial charge in [0.2, 0.25) is 0 Å². The zero-order chi connectivity index (χ0) is 18.7. The summed E-state index contributed by atoms with van der Waals surface area (Å²) in [6.45, 7) is 3.14. The Morgan fingerprint density at radius 1 is 1.24 bits per heavy atom. The van der Waals surface area contributed by atoms with Gasteiger partial charge in [-0.3, -0.25) is 10.6 Å². The maximum Gasteiger partial charge on any atom is 0.305 e. The number of ether oxygens (including phenoxy) is 3. The lowest BCUT2D eigenvalue weighted by Gasteiger charge is -2.17. The summed E-state index contributed by atoms with van der Waals surface area (Å²) in [5, 5.41) is 0.499. The van der Waals surface area contributed by atoms with Crippen LogP contribution in [0.1, 0.15) is 38.2 Å². The molecule has 0 atom stereocenters. The molecule has 0 fully saturated rings. The molecule has 142 valence electrons. The number of benzene rings is 1. The summed E-state index contributed by atoms with van der Waals surface area (Å²) >= 11 is 7.53. The molecule has 0 unspecified atom stereocenters. The number of hydrazine groups is 1. The third-order valence-corrected chi connectivity index (χ3v) is 4.71. The molecule has 1 aromatic carbocycles. The minimum absolute atomic E-state index is 0.170. The highest BCUT2D eigenvalue weighted by Gasteiger charge is 2.12. The van der Waals surface area contributed by atoms with E-state index in [9.17, 15) is 4.79 Å². The number of hydrogen-bond acceptors (Lipinski definition) is 7. The van der Waals surface area contributed by atoms with E-state index in [1.807, 2.05) is 6.07 Å². The van der Waals surface area contributed by atoms with Crippen molar-refractivity contribution >= 4 is 29.5 Å². The van der Waals surface area contributed by atoms with Crippen LogP contribution in [0.25, 0.3) is 0 Å². The van der Waals surface area contributed by atoms with E-state index in [1.165, 1.54) is 11.9 Å². The van der Waals surface area contributed by atoms with E-state index in [1.54, 1.807) is 24.7 Å². The van der Waals surface area contributed by atoms with Crippen molar-refractivity contribution in [3.8, 4) is 11.5 Å². The van der Waals surface area contributed by atoms with E-state index in [0.29, 0.717) is 48.3 Å². The quantitative estimate of drug-likeness (QED) is 0.191. The molecule has 0 heterocycles. The van der Waals surface area contributed by atoms with E-state index in [4.69, 9.17) is 31.7 Å². The predicted molar refractivity (Wildman–Crippen MR) is 102 cm³/mol. The molecular weight excluding hydrogens is 364 g/mol. The summed E-state index contributed by atoms with van der Waals surface area (Å²) in [5.41, 5.74) is 0.933. The van der Waals surface area contributed by atoms with Gasteiger partial charge >= 0.3 is 5.97 Å². The van der Waals surface area contributed by atoms with E-state index in [2.05, 4.69) is 6.92 Å². The highest BCUT2D eigenvalue weighted by molar-refractivity contribution is 7.96. The summed E-state index contributed by atoms with van der Waals surface area (Å²) < 4.78 is 17.3. The molecule has 0 aliphatic carbocycles. The van der Waals surface area contributed by atoms with Gasteiger partial charge in [0.05, 0.1) is 25.8 Å². The van der Waals surface area contributed by atoms with Crippen LogP contribution in [0.4, 0.5) is 0 Å². The molecule has 2 N–H and O–H groups in total. The van der Waals surface area contributed by atoms with Crippen molar-refractivity contribution in [3.63, 3.8) is 0 Å². The Balaban J connectivity index is 2.38. The SMILES string of the molecule is CCCCOC(=O)CCCN(N)SCc1cc(OC)c(Cl)cc1OC. The Labute approximate surface area is 159 Å². The molecule has 6 nitrogen and oxygen atoms in total. The molecule has 0 aliphatic heterocycles.